The van der Waals surface area contributed by atoms with E-state index in [2.05, 4.69) is 4.98 Å². The number of hydrogen-bond acceptors (Lipinski definition) is 7. The number of nitro groups is 1. The normalized spacial score (nSPS) is 17.4. The summed E-state index contributed by atoms with van der Waals surface area (Å²) in [4.78, 5) is 57.3. The molecule has 3 amide bonds. The van der Waals surface area contributed by atoms with Gasteiger partial charge in [0.05, 0.1) is 17.0 Å². The summed E-state index contributed by atoms with van der Waals surface area (Å²) in [6.45, 7) is 0. The first kappa shape index (κ1) is 22.6. The first-order valence-corrected chi connectivity index (χ1v) is 11.8. The number of non-ortho nitro benzene ring substituents is 1. The molecule has 1 aliphatic carbocycles. The minimum absolute atomic E-state index is 0.113. The van der Waals surface area contributed by atoms with Crippen molar-refractivity contribution in [2.75, 3.05) is 4.90 Å². The fourth-order valence-electron chi connectivity index (χ4n) is 4.67. The lowest BCUT2D eigenvalue weighted by atomic mass is 10.1. The Bertz CT molecular complexity index is 1540. The van der Waals surface area contributed by atoms with E-state index >= 15 is 0 Å². The second-order valence-corrected chi connectivity index (χ2v) is 9.07. The van der Waals surface area contributed by atoms with Crippen LogP contribution in [0.2, 0.25) is 0 Å². The van der Waals surface area contributed by atoms with Crippen molar-refractivity contribution in [2.24, 2.45) is 0 Å². The number of fused-ring (bicyclic) bond motifs is 1. The summed E-state index contributed by atoms with van der Waals surface area (Å²) in [5, 5.41) is 11.2. The highest BCUT2D eigenvalue weighted by Crippen LogP contribution is 2.36. The number of amides is 3. The molecule has 1 aliphatic heterocycles. The van der Waals surface area contributed by atoms with Crippen molar-refractivity contribution in [3.8, 4) is 11.5 Å². The molecule has 184 valence electrons. The van der Waals surface area contributed by atoms with Crippen LogP contribution in [0.3, 0.4) is 0 Å². The van der Waals surface area contributed by atoms with Gasteiger partial charge in [-0.15, -0.1) is 0 Å². The number of rotatable bonds is 6. The number of anilines is 1. The van der Waals surface area contributed by atoms with Crippen LogP contribution in [0.4, 0.5) is 11.4 Å². The van der Waals surface area contributed by atoms with Gasteiger partial charge in [-0.3, -0.25) is 24.5 Å². The van der Waals surface area contributed by atoms with Crippen molar-refractivity contribution >= 4 is 40.2 Å². The van der Waals surface area contributed by atoms with E-state index in [4.69, 9.17) is 4.42 Å². The smallest absolute Gasteiger partial charge is 0.270 e. The Morgan fingerprint density at radius 3 is 2.49 bits per heavy atom. The largest absolute Gasteiger partial charge is 0.436 e. The summed E-state index contributed by atoms with van der Waals surface area (Å²) in [5.41, 5.74) is 2.36. The Morgan fingerprint density at radius 1 is 1.03 bits per heavy atom. The Balaban J connectivity index is 1.26. The molecule has 1 atom stereocenters. The van der Waals surface area contributed by atoms with Crippen LogP contribution in [0.1, 0.15) is 29.6 Å². The third-order valence-corrected chi connectivity index (χ3v) is 6.60. The molecular formula is C27H20N4O6. The molecule has 2 aliphatic rings. The standard InChI is InChI=1S/C27H20N4O6/c32-24-15-22(29(18-12-13-18)26(33)17-4-3-5-20(14-17)31(35)36)27(34)30(24)19-10-8-16(9-11-19)25-28-21-6-1-2-7-23(21)37-25/h1-11,14,18,22H,12-13,15H2. The van der Waals surface area contributed by atoms with Gasteiger partial charge in [0.2, 0.25) is 11.8 Å². The summed E-state index contributed by atoms with van der Waals surface area (Å²) < 4.78 is 5.79. The number of carbonyl (C=O) groups excluding carboxylic acids is 3. The van der Waals surface area contributed by atoms with E-state index in [1.165, 1.54) is 29.2 Å². The van der Waals surface area contributed by atoms with Gasteiger partial charge < -0.3 is 9.32 Å². The van der Waals surface area contributed by atoms with E-state index in [0.29, 0.717) is 35.6 Å². The van der Waals surface area contributed by atoms with E-state index in [1.54, 1.807) is 24.3 Å². The molecule has 6 rings (SSSR count). The number of aromatic nitrogens is 1. The van der Waals surface area contributed by atoms with Crippen LogP contribution in [0.15, 0.2) is 77.2 Å². The highest BCUT2D eigenvalue weighted by atomic mass is 16.6. The molecule has 37 heavy (non-hydrogen) atoms. The maximum absolute atomic E-state index is 13.4. The van der Waals surface area contributed by atoms with E-state index in [9.17, 15) is 24.5 Å². The van der Waals surface area contributed by atoms with E-state index in [-0.39, 0.29) is 23.7 Å². The van der Waals surface area contributed by atoms with Gasteiger partial charge in [0.1, 0.15) is 11.6 Å². The lowest BCUT2D eigenvalue weighted by Gasteiger charge is -2.27. The second-order valence-electron chi connectivity index (χ2n) is 9.07. The summed E-state index contributed by atoms with van der Waals surface area (Å²) in [6.07, 6.45) is 1.26. The molecule has 0 spiro atoms. The molecule has 0 radical (unpaired) electrons. The van der Waals surface area contributed by atoms with Crippen LogP contribution in [0.5, 0.6) is 0 Å². The van der Waals surface area contributed by atoms with Gasteiger partial charge in [-0.2, -0.15) is 0 Å². The molecule has 10 heteroatoms. The molecule has 2 fully saturated rings. The summed E-state index contributed by atoms with van der Waals surface area (Å²) >= 11 is 0. The van der Waals surface area contributed by atoms with Crippen LogP contribution in [0.25, 0.3) is 22.6 Å². The molecule has 0 bridgehead atoms. The molecule has 2 heterocycles. The van der Waals surface area contributed by atoms with Crippen molar-refractivity contribution in [1.82, 2.24) is 9.88 Å². The van der Waals surface area contributed by atoms with Crippen molar-refractivity contribution in [3.05, 3.63) is 88.5 Å². The SMILES string of the molecule is O=C1CC(N(C(=O)c2cccc([N+](=O)[O-])c2)C2CC2)C(=O)N1c1ccc(-c2nc3ccccc3o2)cc1. The first-order valence-electron chi connectivity index (χ1n) is 11.8. The van der Waals surface area contributed by atoms with Gasteiger partial charge in [0, 0.05) is 29.3 Å². The Kier molecular flexibility index (Phi) is 5.29. The zero-order valence-electron chi connectivity index (χ0n) is 19.4. The van der Waals surface area contributed by atoms with Gasteiger partial charge >= 0.3 is 0 Å². The number of para-hydroxylation sites is 2. The Morgan fingerprint density at radius 2 is 1.78 bits per heavy atom. The highest BCUT2D eigenvalue weighted by molar-refractivity contribution is 6.23. The lowest BCUT2D eigenvalue weighted by molar-refractivity contribution is -0.384. The zero-order valence-corrected chi connectivity index (χ0v) is 19.4. The quantitative estimate of drug-likeness (QED) is 0.221. The van der Waals surface area contributed by atoms with Crippen LogP contribution in [0, 0.1) is 10.1 Å². The molecule has 0 N–H and O–H groups in total. The third kappa shape index (κ3) is 4.02. The number of carbonyl (C=O) groups is 3. The van der Waals surface area contributed by atoms with Gasteiger partial charge in [0.25, 0.3) is 17.5 Å². The lowest BCUT2D eigenvalue weighted by Crippen LogP contribution is -2.46. The maximum atomic E-state index is 13.4. The van der Waals surface area contributed by atoms with E-state index in [0.717, 1.165) is 10.4 Å². The Hall–Kier alpha value is -4.86. The number of benzene rings is 3. The number of imide groups is 1. The molecule has 1 saturated carbocycles. The summed E-state index contributed by atoms with van der Waals surface area (Å²) in [7, 11) is 0. The van der Waals surface area contributed by atoms with Gasteiger partial charge in [-0.25, -0.2) is 9.88 Å². The predicted molar refractivity (Wildman–Crippen MR) is 133 cm³/mol. The maximum Gasteiger partial charge on any atom is 0.270 e. The zero-order chi connectivity index (χ0) is 25.7. The molecule has 1 unspecified atom stereocenters. The fourth-order valence-corrected chi connectivity index (χ4v) is 4.67. The van der Waals surface area contributed by atoms with Gasteiger partial charge in [0.15, 0.2) is 5.58 Å². The summed E-state index contributed by atoms with van der Waals surface area (Å²) in [6, 6.07) is 18.4. The summed E-state index contributed by atoms with van der Waals surface area (Å²) in [5.74, 6) is -0.981. The monoisotopic (exact) mass is 496 g/mol. The van der Waals surface area contributed by atoms with Crippen LogP contribution in [-0.4, -0.2) is 44.6 Å². The first-order chi connectivity index (χ1) is 17.9. The van der Waals surface area contributed by atoms with Crippen LogP contribution in [-0.2, 0) is 9.59 Å². The molecule has 1 saturated heterocycles. The predicted octanol–water partition coefficient (Wildman–Crippen LogP) is 4.34. The molecular weight excluding hydrogens is 476 g/mol. The number of nitrogens with zero attached hydrogens (tertiary/aromatic N) is 4. The van der Waals surface area contributed by atoms with Gasteiger partial charge in [-0.1, -0.05) is 18.2 Å². The van der Waals surface area contributed by atoms with E-state index in [1.807, 2.05) is 24.3 Å². The minimum atomic E-state index is -0.969. The van der Waals surface area contributed by atoms with Crippen molar-refractivity contribution < 1.29 is 23.7 Å². The highest BCUT2D eigenvalue weighted by Gasteiger charge is 2.49. The second kappa shape index (κ2) is 8.66. The molecule has 1 aromatic heterocycles. The number of oxazole rings is 1. The fraction of sp³-hybridized carbons (Fsp3) is 0.185. The average Bonchev–Trinajstić information content (AvgIpc) is 3.57. The van der Waals surface area contributed by atoms with Crippen LogP contribution >= 0.6 is 0 Å². The third-order valence-electron chi connectivity index (χ3n) is 6.60. The molecule has 3 aromatic carbocycles. The number of hydrogen-bond donors (Lipinski definition) is 0. The van der Waals surface area contributed by atoms with Crippen molar-refractivity contribution in [2.45, 2.75) is 31.3 Å². The minimum Gasteiger partial charge on any atom is -0.436 e. The average molecular weight is 496 g/mol. The van der Waals surface area contributed by atoms with E-state index < -0.39 is 28.7 Å². The van der Waals surface area contributed by atoms with Gasteiger partial charge in [-0.05, 0) is 55.3 Å². The molecule has 10 nitrogen and oxygen atoms in total. The van der Waals surface area contributed by atoms with Crippen LogP contribution < -0.4 is 4.90 Å². The van der Waals surface area contributed by atoms with Crippen molar-refractivity contribution in [3.63, 3.8) is 0 Å². The molecule has 4 aromatic rings. The number of nitro benzene ring substituents is 1. The van der Waals surface area contributed by atoms with Crippen molar-refractivity contribution in [1.29, 1.82) is 0 Å². The topological polar surface area (TPSA) is 127 Å². The Labute approximate surface area is 210 Å².